The summed E-state index contributed by atoms with van der Waals surface area (Å²) in [6, 6.07) is 18.6. The molecule has 1 nitrogen and oxygen atoms in total. The summed E-state index contributed by atoms with van der Waals surface area (Å²) >= 11 is 0. The van der Waals surface area contributed by atoms with Crippen LogP contribution in [0.25, 0.3) is 0 Å². The molecule has 0 saturated carbocycles. The molecular formula is C14H15OP. The fourth-order valence-electron chi connectivity index (χ4n) is 1.66. The fourth-order valence-corrected chi connectivity index (χ4v) is 2.11. The maximum absolute atomic E-state index is 5.15. The monoisotopic (exact) mass is 230 g/mol. The smallest absolute Gasteiger partial charge is 0.118 e. The van der Waals surface area contributed by atoms with E-state index in [9.17, 15) is 0 Å². The lowest BCUT2D eigenvalue weighted by atomic mass is 10.0. The Balaban J connectivity index is 2.24. The predicted octanol–water partition coefficient (Wildman–Crippen LogP) is 3.66. The van der Waals surface area contributed by atoms with Crippen LogP contribution in [0.1, 0.15) is 16.8 Å². The van der Waals surface area contributed by atoms with E-state index in [1.54, 1.807) is 7.11 Å². The minimum Gasteiger partial charge on any atom is -0.497 e. The molecule has 2 aromatic carbocycles. The SMILES string of the molecule is COc1ccc(C(P)c2ccccc2)cc1. The largest absolute Gasteiger partial charge is 0.497 e. The Labute approximate surface area is 98.7 Å². The van der Waals surface area contributed by atoms with E-state index in [1.807, 2.05) is 18.2 Å². The van der Waals surface area contributed by atoms with Crippen molar-refractivity contribution >= 4 is 9.24 Å². The third kappa shape index (κ3) is 2.43. The van der Waals surface area contributed by atoms with E-state index in [0.29, 0.717) is 5.66 Å². The number of ether oxygens (including phenoxy) is 1. The number of hydrogen-bond acceptors (Lipinski definition) is 1. The van der Waals surface area contributed by atoms with E-state index >= 15 is 0 Å². The van der Waals surface area contributed by atoms with Gasteiger partial charge in [-0.15, -0.1) is 9.24 Å². The second-order valence-corrected chi connectivity index (χ2v) is 4.33. The van der Waals surface area contributed by atoms with Gasteiger partial charge in [-0.25, -0.2) is 0 Å². The van der Waals surface area contributed by atoms with E-state index < -0.39 is 0 Å². The van der Waals surface area contributed by atoms with Gasteiger partial charge in [-0.05, 0) is 23.3 Å². The van der Waals surface area contributed by atoms with Crippen LogP contribution in [0.5, 0.6) is 5.75 Å². The van der Waals surface area contributed by atoms with Crippen molar-refractivity contribution in [2.75, 3.05) is 7.11 Å². The Bertz CT molecular complexity index is 436. The first-order chi connectivity index (χ1) is 7.81. The molecule has 0 aliphatic carbocycles. The Morgan fingerprint density at radius 2 is 1.44 bits per heavy atom. The van der Waals surface area contributed by atoms with Crippen LogP contribution in [0.4, 0.5) is 0 Å². The van der Waals surface area contributed by atoms with Gasteiger partial charge in [0.1, 0.15) is 5.75 Å². The predicted molar refractivity (Wildman–Crippen MR) is 71.0 cm³/mol. The van der Waals surface area contributed by atoms with Crippen molar-refractivity contribution in [2.24, 2.45) is 0 Å². The first-order valence-corrected chi connectivity index (χ1v) is 5.92. The number of benzene rings is 2. The highest BCUT2D eigenvalue weighted by molar-refractivity contribution is 7.17. The molecule has 2 aromatic rings. The molecule has 2 unspecified atom stereocenters. The summed E-state index contributed by atoms with van der Waals surface area (Å²) in [5.74, 6) is 0.897. The van der Waals surface area contributed by atoms with Crippen molar-refractivity contribution in [1.82, 2.24) is 0 Å². The van der Waals surface area contributed by atoms with Gasteiger partial charge in [0.15, 0.2) is 0 Å². The lowest BCUT2D eigenvalue weighted by molar-refractivity contribution is 0.414. The van der Waals surface area contributed by atoms with E-state index in [4.69, 9.17) is 4.74 Å². The first-order valence-electron chi connectivity index (χ1n) is 5.26. The molecule has 0 fully saturated rings. The molecule has 0 radical (unpaired) electrons. The van der Waals surface area contributed by atoms with Crippen molar-refractivity contribution in [1.29, 1.82) is 0 Å². The van der Waals surface area contributed by atoms with E-state index in [-0.39, 0.29) is 0 Å². The van der Waals surface area contributed by atoms with Gasteiger partial charge in [-0.3, -0.25) is 0 Å². The first kappa shape index (κ1) is 11.2. The number of hydrogen-bond donors (Lipinski definition) is 0. The molecule has 0 saturated heterocycles. The van der Waals surface area contributed by atoms with E-state index in [2.05, 4.69) is 45.6 Å². The highest BCUT2D eigenvalue weighted by atomic mass is 31.0. The summed E-state index contributed by atoms with van der Waals surface area (Å²) in [5.41, 5.74) is 2.92. The summed E-state index contributed by atoms with van der Waals surface area (Å²) in [6.07, 6.45) is 0. The molecule has 16 heavy (non-hydrogen) atoms. The molecule has 0 heterocycles. The topological polar surface area (TPSA) is 9.23 Å². The van der Waals surface area contributed by atoms with Crippen LogP contribution in [0, 0.1) is 0 Å². The molecule has 0 aromatic heterocycles. The molecule has 82 valence electrons. The Kier molecular flexibility index (Phi) is 3.58. The van der Waals surface area contributed by atoms with Crippen LogP contribution in [-0.2, 0) is 0 Å². The molecule has 2 heteroatoms. The Hall–Kier alpha value is -1.33. The van der Waals surface area contributed by atoms with Gasteiger partial charge in [0, 0.05) is 5.66 Å². The zero-order valence-corrected chi connectivity index (χ0v) is 10.4. The van der Waals surface area contributed by atoms with Gasteiger partial charge in [0.05, 0.1) is 7.11 Å². The van der Waals surface area contributed by atoms with Crippen LogP contribution in [0.15, 0.2) is 54.6 Å². The van der Waals surface area contributed by atoms with Gasteiger partial charge < -0.3 is 4.74 Å². The summed E-state index contributed by atoms with van der Waals surface area (Å²) in [5, 5.41) is 0. The zero-order valence-electron chi connectivity index (χ0n) is 9.26. The minimum absolute atomic E-state index is 0.340. The van der Waals surface area contributed by atoms with Crippen molar-refractivity contribution in [2.45, 2.75) is 5.66 Å². The number of rotatable bonds is 3. The zero-order chi connectivity index (χ0) is 11.4. The van der Waals surface area contributed by atoms with Gasteiger partial charge in [-0.2, -0.15) is 0 Å². The molecule has 2 atom stereocenters. The molecule has 0 N–H and O–H groups in total. The highest BCUT2D eigenvalue weighted by Gasteiger charge is 2.07. The average molecular weight is 230 g/mol. The number of methoxy groups -OCH3 is 1. The van der Waals surface area contributed by atoms with E-state index in [1.165, 1.54) is 11.1 Å². The third-order valence-electron chi connectivity index (χ3n) is 2.63. The molecule has 0 aliphatic heterocycles. The normalized spacial score (nSPS) is 12.1. The Morgan fingerprint density at radius 1 is 0.875 bits per heavy atom. The highest BCUT2D eigenvalue weighted by Crippen LogP contribution is 2.31. The van der Waals surface area contributed by atoms with Gasteiger partial charge in [-0.1, -0.05) is 42.5 Å². The second kappa shape index (κ2) is 5.14. The molecule has 0 bridgehead atoms. The molecule has 0 spiro atoms. The molecular weight excluding hydrogens is 215 g/mol. The summed E-state index contributed by atoms with van der Waals surface area (Å²) in [7, 11) is 4.56. The molecule has 0 aliphatic rings. The minimum atomic E-state index is 0.340. The Morgan fingerprint density at radius 3 is 2.00 bits per heavy atom. The summed E-state index contributed by atoms with van der Waals surface area (Å²) < 4.78 is 5.15. The summed E-state index contributed by atoms with van der Waals surface area (Å²) in [4.78, 5) is 0. The second-order valence-electron chi connectivity index (χ2n) is 3.66. The van der Waals surface area contributed by atoms with Crippen molar-refractivity contribution in [3.63, 3.8) is 0 Å². The molecule has 2 rings (SSSR count). The van der Waals surface area contributed by atoms with Gasteiger partial charge in [0.2, 0.25) is 0 Å². The maximum Gasteiger partial charge on any atom is 0.118 e. The molecule has 0 amide bonds. The van der Waals surface area contributed by atoms with E-state index in [0.717, 1.165) is 5.75 Å². The van der Waals surface area contributed by atoms with Crippen molar-refractivity contribution < 1.29 is 4.74 Å². The lowest BCUT2D eigenvalue weighted by Crippen LogP contribution is -1.92. The van der Waals surface area contributed by atoms with Gasteiger partial charge in [0.25, 0.3) is 0 Å². The standard InChI is InChI=1S/C14H15OP/c1-15-13-9-7-12(8-10-13)14(16)11-5-3-2-4-6-11/h2-10,14H,16H2,1H3. The average Bonchev–Trinajstić information content (AvgIpc) is 2.39. The van der Waals surface area contributed by atoms with Crippen LogP contribution in [-0.4, -0.2) is 7.11 Å². The summed E-state index contributed by atoms with van der Waals surface area (Å²) in [6.45, 7) is 0. The third-order valence-corrected chi connectivity index (χ3v) is 3.40. The fraction of sp³-hybridized carbons (Fsp3) is 0.143. The van der Waals surface area contributed by atoms with Crippen LogP contribution in [0.3, 0.4) is 0 Å². The quantitative estimate of drug-likeness (QED) is 0.731. The van der Waals surface area contributed by atoms with Crippen LogP contribution < -0.4 is 4.74 Å². The van der Waals surface area contributed by atoms with Crippen molar-refractivity contribution in [3.05, 3.63) is 65.7 Å². The van der Waals surface area contributed by atoms with Crippen molar-refractivity contribution in [3.8, 4) is 5.75 Å². The lowest BCUT2D eigenvalue weighted by Gasteiger charge is -2.12. The van der Waals surface area contributed by atoms with Crippen LogP contribution in [0.2, 0.25) is 0 Å². The van der Waals surface area contributed by atoms with Gasteiger partial charge >= 0.3 is 0 Å². The maximum atomic E-state index is 5.15. The van der Waals surface area contributed by atoms with Crippen LogP contribution >= 0.6 is 9.24 Å².